The lowest BCUT2D eigenvalue weighted by atomic mass is 10.2. The molecule has 0 unspecified atom stereocenters. The van der Waals surface area contributed by atoms with Crippen molar-refractivity contribution >= 4 is 16.9 Å². The van der Waals surface area contributed by atoms with Crippen molar-refractivity contribution < 1.29 is 23.2 Å². The van der Waals surface area contributed by atoms with Crippen LogP contribution in [0.4, 0.5) is 8.78 Å². The largest absolute Gasteiger partial charge is 0.370 e. The third-order valence-electron chi connectivity index (χ3n) is 5.20. The van der Waals surface area contributed by atoms with Gasteiger partial charge in [-0.05, 0) is 37.3 Å². The predicted molar refractivity (Wildman–Crippen MR) is 104 cm³/mol. The van der Waals surface area contributed by atoms with E-state index in [0.717, 1.165) is 38.9 Å². The number of nitrogens with one attached hydrogen (secondary N) is 2. The molecular formula is C21H23F2N4O2+. The number of aryl methyl sites for hydroxylation is 1. The first-order chi connectivity index (χ1) is 14.0. The van der Waals surface area contributed by atoms with Crippen molar-refractivity contribution in [1.82, 2.24) is 14.9 Å². The van der Waals surface area contributed by atoms with E-state index in [1.54, 1.807) is 29.7 Å². The number of halogens is 2. The number of ether oxygens (including phenoxy) is 1. The molecule has 29 heavy (non-hydrogen) atoms. The van der Waals surface area contributed by atoms with Gasteiger partial charge in [-0.1, -0.05) is 0 Å². The van der Waals surface area contributed by atoms with Crippen molar-refractivity contribution in [3.05, 3.63) is 59.4 Å². The van der Waals surface area contributed by atoms with Crippen molar-refractivity contribution in [2.24, 2.45) is 0 Å². The zero-order chi connectivity index (χ0) is 20.4. The van der Waals surface area contributed by atoms with Gasteiger partial charge in [0.05, 0.1) is 43.0 Å². The van der Waals surface area contributed by atoms with Gasteiger partial charge in [-0.2, -0.15) is 0 Å². The van der Waals surface area contributed by atoms with Gasteiger partial charge in [0, 0.05) is 11.6 Å². The maximum absolute atomic E-state index is 14.3. The van der Waals surface area contributed by atoms with Crippen LogP contribution in [0.25, 0.3) is 16.7 Å². The second kappa shape index (κ2) is 8.26. The molecule has 0 bridgehead atoms. The number of hydrogen-bond acceptors (Lipinski definition) is 3. The monoisotopic (exact) mass is 401 g/mol. The first-order valence-corrected chi connectivity index (χ1v) is 9.67. The fraction of sp³-hybridized carbons (Fsp3) is 0.333. The van der Waals surface area contributed by atoms with Gasteiger partial charge in [0.15, 0.2) is 0 Å². The van der Waals surface area contributed by atoms with E-state index in [0.29, 0.717) is 29.0 Å². The smallest absolute Gasteiger partial charge is 0.251 e. The lowest BCUT2D eigenvalue weighted by molar-refractivity contribution is -0.906. The van der Waals surface area contributed by atoms with Gasteiger partial charge in [-0.25, -0.2) is 13.8 Å². The van der Waals surface area contributed by atoms with E-state index in [2.05, 4.69) is 10.3 Å². The summed E-state index contributed by atoms with van der Waals surface area (Å²) in [5.41, 5.74) is 1.95. The second-order valence-corrected chi connectivity index (χ2v) is 7.16. The Morgan fingerprint density at radius 3 is 2.76 bits per heavy atom. The molecule has 4 rings (SSSR count). The van der Waals surface area contributed by atoms with Crippen LogP contribution in [-0.2, 0) is 4.74 Å². The summed E-state index contributed by atoms with van der Waals surface area (Å²) in [5.74, 6) is -0.912. The van der Waals surface area contributed by atoms with E-state index in [4.69, 9.17) is 4.74 Å². The molecule has 0 atom stereocenters. The summed E-state index contributed by atoms with van der Waals surface area (Å²) in [6.45, 7) is 6.62. The number of quaternary nitrogens is 1. The van der Waals surface area contributed by atoms with Gasteiger partial charge >= 0.3 is 0 Å². The number of aromatic nitrogens is 2. The molecule has 1 aliphatic heterocycles. The van der Waals surface area contributed by atoms with Crippen molar-refractivity contribution in [3.8, 4) is 5.69 Å². The van der Waals surface area contributed by atoms with Crippen molar-refractivity contribution in [3.63, 3.8) is 0 Å². The average Bonchev–Trinajstić information content (AvgIpc) is 3.03. The van der Waals surface area contributed by atoms with E-state index in [-0.39, 0.29) is 11.6 Å². The first-order valence-electron chi connectivity index (χ1n) is 9.67. The van der Waals surface area contributed by atoms with Crippen LogP contribution in [0.1, 0.15) is 16.2 Å². The number of hydrogen-bond donors (Lipinski definition) is 2. The summed E-state index contributed by atoms with van der Waals surface area (Å²) < 4.78 is 34.5. The molecule has 2 N–H and O–H groups in total. The lowest BCUT2D eigenvalue weighted by Crippen LogP contribution is -3.14. The molecule has 1 fully saturated rings. The summed E-state index contributed by atoms with van der Waals surface area (Å²) in [6.07, 6.45) is 0. The summed E-state index contributed by atoms with van der Waals surface area (Å²) in [7, 11) is 0. The topological polar surface area (TPSA) is 60.6 Å². The molecule has 0 saturated carbocycles. The molecule has 1 aromatic heterocycles. The molecular weight excluding hydrogens is 378 g/mol. The number of fused-ring (bicyclic) bond motifs is 1. The number of amides is 1. The Balaban J connectivity index is 1.51. The van der Waals surface area contributed by atoms with Gasteiger partial charge < -0.3 is 15.0 Å². The van der Waals surface area contributed by atoms with E-state index >= 15 is 0 Å². The van der Waals surface area contributed by atoms with Crippen LogP contribution in [-0.4, -0.2) is 54.9 Å². The normalized spacial score (nSPS) is 15.0. The molecule has 0 aliphatic carbocycles. The Kier molecular flexibility index (Phi) is 5.55. The average molecular weight is 401 g/mol. The number of benzene rings is 2. The molecule has 2 aromatic carbocycles. The van der Waals surface area contributed by atoms with Gasteiger partial charge in [0.1, 0.15) is 30.5 Å². The fourth-order valence-electron chi connectivity index (χ4n) is 3.67. The SMILES string of the molecule is Cc1nc2cc(C(=O)NCC[NH+]3CCOCC3)ccc2n1-c1ccc(F)cc1F. The molecule has 3 aromatic rings. The molecule has 1 saturated heterocycles. The third kappa shape index (κ3) is 4.13. The highest BCUT2D eigenvalue weighted by molar-refractivity contribution is 5.97. The van der Waals surface area contributed by atoms with Crippen LogP contribution < -0.4 is 10.2 Å². The van der Waals surface area contributed by atoms with Gasteiger partial charge in [-0.15, -0.1) is 0 Å². The Bertz CT molecular complexity index is 1040. The Hall–Kier alpha value is -2.84. The standard InChI is InChI=1S/C21H22F2N4O2/c1-14-25-18-12-15(21(28)24-6-7-26-8-10-29-11-9-26)2-4-20(18)27(14)19-5-3-16(22)13-17(19)23/h2-5,12-13H,6-11H2,1H3,(H,24,28)/p+1. The lowest BCUT2D eigenvalue weighted by Gasteiger charge is -2.23. The Morgan fingerprint density at radius 2 is 2.00 bits per heavy atom. The molecule has 152 valence electrons. The fourth-order valence-corrected chi connectivity index (χ4v) is 3.67. The second-order valence-electron chi connectivity index (χ2n) is 7.16. The summed E-state index contributed by atoms with van der Waals surface area (Å²) >= 11 is 0. The van der Waals surface area contributed by atoms with Crippen molar-refractivity contribution in [1.29, 1.82) is 0 Å². The molecule has 1 amide bonds. The maximum atomic E-state index is 14.3. The van der Waals surface area contributed by atoms with Crippen LogP contribution in [0.15, 0.2) is 36.4 Å². The van der Waals surface area contributed by atoms with Gasteiger partial charge in [-0.3, -0.25) is 9.36 Å². The molecule has 6 nitrogen and oxygen atoms in total. The van der Waals surface area contributed by atoms with Crippen molar-refractivity contribution in [2.75, 3.05) is 39.4 Å². The molecule has 8 heteroatoms. The highest BCUT2D eigenvalue weighted by Gasteiger charge is 2.17. The molecule has 0 spiro atoms. The number of rotatable bonds is 5. The quantitative estimate of drug-likeness (QED) is 0.677. The van der Waals surface area contributed by atoms with E-state index in [1.807, 2.05) is 0 Å². The van der Waals surface area contributed by atoms with Gasteiger partial charge in [0.2, 0.25) is 0 Å². The predicted octanol–water partition coefficient (Wildman–Crippen LogP) is 1.26. The number of imidazole rings is 1. The minimum atomic E-state index is -0.667. The number of nitrogens with zero attached hydrogens (tertiary/aromatic N) is 2. The van der Waals surface area contributed by atoms with Crippen molar-refractivity contribution in [2.45, 2.75) is 6.92 Å². The van der Waals surface area contributed by atoms with Gasteiger partial charge in [0.25, 0.3) is 5.91 Å². The van der Waals surface area contributed by atoms with Crippen LogP contribution in [0.3, 0.4) is 0 Å². The Morgan fingerprint density at radius 1 is 1.21 bits per heavy atom. The third-order valence-corrected chi connectivity index (χ3v) is 5.20. The summed E-state index contributed by atoms with van der Waals surface area (Å²) in [4.78, 5) is 18.4. The number of carbonyl (C=O) groups is 1. The minimum absolute atomic E-state index is 0.167. The van der Waals surface area contributed by atoms with E-state index < -0.39 is 11.6 Å². The highest BCUT2D eigenvalue weighted by atomic mass is 19.1. The van der Waals surface area contributed by atoms with Crippen LogP contribution >= 0.6 is 0 Å². The number of morpholine rings is 1. The minimum Gasteiger partial charge on any atom is -0.370 e. The highest BCUT2D eigenvalue weighted by Crippen LogP contribution is 2.24. The zero-order valence-electron chi connectivity index (χ0n) is 16.2. The Labute approximate surface area is 167 Å². The van der Waals surface area contributed by atoms with Crippen LogP contribution in [0.2, 0.25) is 0 Å². The zero-order valence-corrected chi connectivity index (χ0v) is 16.2. The first kappa shape index (κ1) is 19.5. The summed E-state index contributed by atoms with van der Waals surface area (Å²) in [5, 5.41) is 2.94. The molecule has 2 heterocycles. The van der Waals surface area contributed by atoms with Crippen LogP contribution in [0, 0.1) is 18.6 Å². The number of carbonyl (C=O) groups excluding carboxylic acids is 1. The van der Waals surface area contributed by atoms with Crippen LogP contribution in [0.5, 0.6) is 0 Å². The maximum Gasteiger partial charge on any atom is 0.251 e. The summed E-state index contributed by atoms with van der Waals surface area (Å²) in [6, 6.07) is 8.56. The molecule has 1 aliphatic rings. The van der Waals surface area contributed by atoms with E-state index in [9.17, 15) is 13.6 Å². The van der Waals surface area contributed by atoms with E-state index in [1.165, 1.54) is 17.0 Å². The molecule has 0 radical (unpaired) electrons.